The summed E-state index contributed by atoms with van der Waals surface area (Å²) in [6, 6.07) is 0. The maximum atomic E-state index is 11.9. The molecule has 0 bridgehead atoms. The van der Waals surface area contributed by atoms with Gasteiger partial charge in [-0.2, -0.15) is 0 Å². The molecule has 2 atom stereocenters. The van der Waals surface area contributed by atoms with Crippen LogP contribution in [0, 0.1) is 0 Å². The average Bonchev–Trinajstić information content (AvgIpc) is 2.34. The Morgan fingerprint density at radius 3 is 2.94 bits per heavy atom. The summed E-state index contributed by atoms with van der Waals surface area (Å²) in [5.41, 5.74) is 0.878. The predicted octanol–water partition coefficient (Wildman–Crippen LogP) is 1.45. The Kier molecular flexibility index (Phi) is 3.97. The highest BCUT2D eigenvalue weighted by molar-refractivity contribution is 8.00. The first-order valence-corrected chi connectivity index (χ1v) is 7.12. The molecule has 0 saturated carbocycles. The molecule has 100 valence electrons. The zero-order chi connectivity index (χ0) is 13.3. The molecule has 0 radical (unpaired) electrons. The molecule has 0 aliphatic carbocycles. The van der Waals surface area contributed by atoms with Gasteiger partial charge in [-0.15, -0.1) is 11.8 Å². The fourth-order valence-electron chi connectivity index (χ4n) is 2.12. The summed E-state index contributed by atoms with van der Waals surface area (Å²) >= 11 is 1.57. The zero-order valence-corrected chi connectivity index (χ0v) is 11.3. The molecule has 1 amide bonds. The van der Waals surface area contributed by atoms with E-state index < -0.39 is 12.1 Å². The van der Waals surface area contributed by atoms with Crippen molar-refractivity contribution in [3.8, 4) is 0 Å². The Bertz CT molecular complexity index is 407. The Labute approximate surface area is 110 Å². The van der Waals surface area contributed by atoms with E-state index in [0.717, 1.165) is 18.4 Å². The highest BCUT2D eigenvalue weighted by Gasteiger charge is 2.53. The van der Waals surface area contributed by atoms with Crippen LogP contribution in [0.5, 0.6) is 0 Å². The molecule has 2 aliphatic heterocycles. The first-order chi connectivity index (χ1) is 8.57. The number of fused-ring (bicyclic) bond motifs is 1. The number of unbranched alkanes of at least 4 members (excludes halogenated alkanes) is 1. The normalized spacial score (nSPS) is 27.0. The van der Waals surface area contributed by atoms with Crippen LogP contribution in [0.15, 0.2) is 11.3 Å². The fraction of sp³-hybridized carbons (Fsp3) is 0.667. The molecule has 18 heavy (non-hydrogen) atoms. The van der Waals surface area contributed by atoms with Crippen LogP contribution < -0.4 is 0 Å². The number of carbonyl (C=O) groups excluding carboxylic acids is 1. The van der Waals surface area contributed by atoms with Crippen LogP contribution in [0.3, 0.4) is 0 Å². The molecule has 6 heteroatoms. The predicted molar refractivity (Wildman–Crippen MR) is 68.1 cm³/mol. The van der Waals surface area contributed by atoms with Gasteiger partial charge in [0.25, 0.3) is 5.91 Å². The van der Waals surface area contributed by atoms with Crippen molar-refractivity contribution in [1.82, 2.24) is 4.90 Å². The number of nitrogens with zero attached hydrogens (tertiary/aromatic N) is 1. The number of amides is 1. The standard InChI is InChI=1S/C12H17NO4S/c1-3-4-5-17-9-10(14)13-8(12(15)16)7(2)6-18-11(9)13/h9,11H,3-6H2,1-2H3,(H,15,16)/t9-,11-/m0/s1. The summed E-state index contributed by atoms with van der Waals surface area (Å²) in [6.07, 6.45) is 1.47. The number of aliphatic carboxylic acids is 1. The van der Waals surface area contributed by atoms with Crippen LogP contribution in [0.2, 0.25) is 0 Å². The third-order valence-corrected chi connectivity index (χ3v) is 4.51. The van der Waals surface area contributed by atoms with E-state index in [1.54, 1.807) is 18.7 Å². The van der Waals surface area contributed by atoms with E-state index in [0.29, 0.717) is 12.4 Å². The maximum Gasteiger partial charge on any atom is 0.352 e. The molecule has 2 heterocycles. The summed E-state index contributed by atoms with van der Waals surface area (Å²) in [6.45, 7) is 4.37. The SMILES string of the molecule is CCCCO[C@H]1C(=O)N2C(C(=O)O)=C(C)CS[C@@H]12. The van der Waals surface area contributed by atoms with Crippen molar-refractivity contribution in [1.29, 1.82) is 0 Å². The molecule has 0 spiro atoms. The van der Waals surface area contributed by atoms with Crippen LogP contribution in [0.4, 0.5) is 0 Å². The minimum atomic E-state index is -1.03. The Balaban J connectivity index is 2.06. The van der Waals surface area contributed by atoms with Crippen molar-refractivity contribution in [3.63, 3.8) is 0 Å². The molecule has 0 aromatic heterocycles. The highest BCUT2D eigenvalue weighted by Crippen LogP contribution is 2.41. The smallest absolute Gasteiger partial charge is 0.352 e. The molecule has 2 aliphatic rings. The average molecular weight is 271 g/mol. The largest absolute Gasteiger partial charge is 0.477 e. The number of rotatable bonds is 5. The van der Waals surface area contributed by atoms with Crippen molar-refractivity contribution < 1.29 is 19.4 Å². The van der Waals surface area contributed by atoms with Crippen molar-refractivity contribution >= 4 is 23.6 Å². The third-order valence-electron chi connectivity index (χ3n) is 3.11. The Morgan fingerprint density at radius 2 is 2.33 bits per heavy atom. The number of hydrogen-bond donors (Lipinski definition) is 1. The number of thioether (sulfide) groups is 1. The number of carbonyl (C=O) groups is 2. The second-order valence-electron chi connectivity index (χ2n) is 4.49. The topological polar surface area (TPSA) is 66.8 Å². The number of carboxylic acid groups (broad SMARTS) is 1. The van der Waals surface area contributed by atoms with Crippen molar-refractivity contribution in [3.05, 3.63) is 11.3 Å². The number of hydrogen-bond acceptors (Lipinski definition) is 4. The van der Waals surface area contributed by atoms with E-state index in [-0.39, 0.29) is 17.0 Å². The van der Waals surface area contributed by atoms with Gasteiger partial charge in [0.15, 0.2) is 6.10 Å². The molecule has 1 saturated heterocycles. The molecular weight excluding hydrogens is 254 g/mol. The second-order valence-corrected chi connectivity index (χ2v) is 5.59. The van der Waals surface area contributed by atoms with Crippen molar-refractivity contribution in [2.75, 3.05) is 12.4 Å². The summed E-state index contributed by atoms with van der Waals surface area (Å²) in [7, 11) is 0. The van der Waals surface area contributed by atoms with E-state index in [2.05, 4.69) is 6.92 Å². The summed E-state index contributed by atoms with van der Waals surface area (Å²) in [4.78, 5) is 24.5. The lowest BCUT2D eigenvalue weighted by Crippen LogP contribution is -2.65. The van der Waals surface area contributed by atoms with Crippen LogP contribution in [-0.2, 0) is 14.3 Å². The van der Waals surface area contributed by atoms with Gasteiger partial charge in [0, 0.05) is 12.4 Å². The molecule has 1 N–H and O–H groups in total. The molecule has 0 aromatic carbocycles. The van der Waals surface area contributed by atoms with Gasteiger partial charge in [-0.1, -0.05) is 13.3 Å². The van der Waals surface area contributed by atoms with E-state index >= 15 is 0 Å². The quantitative estimate of drug-likeness (QED) is 0.605. The lowest BCUT2D eigenvalue weighted by atomic mass is 10.1. The minimum Gasteiger partial charge on any atom is -0.477 e. The third kappa shape index (κ3) is 2.14. The monoisotopic (exact) mass is 271 g/mol. The summed E-state index contributed by atoms with van der Waals surface area (Å²) < 4.78 is 5.54. The van der Waals surface area contributed by atoms with Gasteiger partial charge in [-0.05, 0) is 18.9 Å². The van der Waals surface area contributed by atoms with Crippen molar-refractivity contribution in [2.24, 2.45) is 0 Å². The Hall–Kier alpha value is -1.01. The van der Waals surface area contributed by atoms with Gasteiger partial charge < -0.3 is 9.84 Å². The molecule has 1 fully saturated rings. The van der Waals surface area contributed by atoms with E-state index in [1.807, 2.05) is 0 Å². The first-order valence-electron chi connectivity index (χ1n) is 6.07. The van der Waals surface area contributed by atoms with Gasteiger partial charge in [-0.25, -0.2) is 4.79 Å². The van der Waals surface area contributed by atoms with Gasteiger partial charge in [0.2, 0.25) is 0 Å². The van der Waals surface area contributed by atoms with E-state index in [1.165, 1.54) is 4.90 Å². The maximum absolute atomic E-state index is 11.9. The van der Waals surface area contributed by atoms with E-state index in [9.17, 15) is 9.59 Å². The van der Waals surface area contributed by atoms with Crippen LogP contribution in [0.25, 0.3) is 0 Å². The van der Waals surface area contributed by atoms with Gasteiger partial charge >= 0.3 is 5.97 Å². The zero-order valence-electron chi connectivity index (χ0n) is 10.5. The number of β-lactam (4-membered cyclic amide) rings is 1. The van der Waals surface area contributed by atoms with E-state index in [4.69, 9.17) is 9.84 Å². The lowest BCUT2D eigenvalue weighted by molar-refractivity contribution is -0.165. The second kappa shape index (κ2) is 5.32. The molecule has 0 aromatic rings. The van der Waals surface area contributed by atoms with Crippen LogP contribution >= 0.6 is 11.8 Å². The molecular formula is C12H17NO4S. The van der Waals surface area contributed by atoms with Gasteiger partial charge in [0.05, 0.1) is 0 Å². The van der Waals surface area contributed by atoms with Gasteiger partial charge in [0.1, 0.15) is 11.1 Å². The molecule has 0 unspecified atom stereocenters. The first kappa shape index (κ1) is 13.4. The summed E-state index contributed by atoms with van der Waals surface area (Å²) in [5.74, 6) is -0.609. The van der Waals surface area contributed by atoms with Crippen LogP contribution in [-0.4, -0.2) is 45.7 Å². The number of carboxylic acids is 1. The fourth-order valence-corrected chi connectivity index (χ4v) is 3.40. The highest BCUT2D eigenvalue weighted by atomic mass is 32.2. The minimum absolute atomic E-state index is 0.138. The molecule has 2 rings (SSSR count). The molecule has 5 nitrogen and oxygen atoms in total. The lowest BCUT2D eigenvalue weighted by Gasteiger charge is -2.48. The number of ether oxygens (including phenoxy) is 1. The van der Waals surface area contributed by atoms with Crippen molar-refractivity contribution in [2.45, 2.75) is 38.2 Å². The Morgan fingerprint density at radius 1 is 1.61 bits per heavy atom. The van der Waals surface area contributed by atoms with Crippen LogP contribution in [0.1, 0.15) is 26.7 Å². The van der Waals surface area contributed by atoms with Gasteiger partial charge in [-0.3, -0.25) is 9.69 Å². The summed E-state index contributed by atoms with van der Waals surface area (Å²) in [5, 5.41) is 8.98.